The lowest BCUT2D eigenvalue weighted by Crippen LogP contribution is -2.23. The summed E-state index contributed by atoms with van der Waals surface area (Å²) >= 11 is 0. The number of benzene rings is 1. The molecule has 2 atom stereocenters. The first-order chi connectivity index (χ1) is 9.20. The number of nitrogens with one attached hydrogen (secondary N) is 2. The second kappa shape index (κ2) is 6.53. The number of rotatable bonds is 6. The van der Waals surface area contributed by atoms with Crippen molar-refractivity contribution < 1.29 is 0 Å². The van der Waals surface area contributed by atoms with E-state index in [9.17, 15) is 0 Å². The molecule has 2 unspecified atom stereocenters. The average Bonchev–Trinajstić information content (AvgIpc) is 2.94. The molecule has 0 aliphatic heterocycles. The molecule has 0 aliphatic rings. The van der Waals surface area contributed by atoms with Gasteiger partial charge < -0.3 is 10.3 Å². The third kappa shape index (κ3) is 3.67. The zero-order valence-electron chi connectivity index (χ0n) is 12.0. The van der Waals surface area contributed by atoms with Crippen LogP contribution in [0.4, 0.5) is 0 Å². The molecular weight excluding hydrogens is 234 g/mol. The highest BCUT2D eigenvalue weighted by atomic mass is 15.0. The van der Waals surface area contributed by atoms with Gasteiger partial charge in [0.25, 0.3) is 0 Å². The van der Waals surface area contributed by atoms with Gasteiger partial charge in [0, 0.05) is 18.4 Å². The van der Waals surface area contributed by atoms with Crippen LogP contribution in [0.5, 0.6) is 0 Å². The van der Waals surface area contributed by atoms with Crippen LogP contribution in [0.3, 0.4) is 0 Å². The number of aryl methyl sites for hydroxylation is 1. The monoisotopic (exact) mass is 257 g/mol. The Morgan fingerprint density at radius 1 is 1.16 bits per heavy atom. The van der Waals surface area contributed by atoms with Gasteiger partial charge in [-0.2, -0.15) is 0 Å². The van der Waals surface area contributed by atoms with Gasteiger partial charge in [-0.05, 0) is 31.4 Å². The Morgan fingerprint density at radius 2 is 1.89 bits per heavy atom. The molecule has 1 heterocycles. The fourth-order valence-electron chi connectivity index (χ4n) is 2.33. The first-order valence-corrected chi connectivity index (χ1v) is 7.05. The summed E-state index contributed by atoms with van der Waals surface area (Å²) in [4.78, 5) is 7.43. The van der Waals surface area contributed by atoms with Crippen molar-refractivity contribution >= 4 is 0 Å². The highest BCUT2D eigenvalue weighted by molar-refractivity contribution is 5.25. The van der Waals surface area contributed by atoms with E-state index in [2.05, 4.69) is 60.3 Å². The van der Waals surface area contributed by atoms with E-state index in [1.165, 1.54) is 17.5 Å². The maximum atomic E-state index is 4.28. The summed E-state index contributed by atoms with van der Waals surface area (Å²) in [6.45, 7) is 6.53. The number of aromatic nitrogens is 2. The van der Waals surface area contributed by atoms with Crippen LogP contribution in [0.25, 0.3) is 0 Å². The van der Waals surface area contributed by atoms with Crippen LogP contribution in [-0.4, -0.2) is 9.97 Å². The average molecular weight is 257 g/mol. The maximum Gasteiger partial charge on any atom is 0.122 e. The zero-order chi connectivity index (χ0) is 13.7. The third-order valence-corrected chi connectivity index (χ3v) is 3.45. The van der Waals surface area contributed by atoms with Gasteiger partial charge in [-0.25, -0.2) is 4.98 Å². The minimum absolute atomic E-state index is 0.223. The Bertz CT molecular complexity index is 473. The lowest BCUT2D eigenvalue weighted by atomic mass is 10.0. The lowest BCUT2D eigenvalue weighted by molar-refractivity contribution is 0.479. The Kier molecular flexibility index (Phi) is 4.74. The fourth-order valence-corrected chi connectivity index (χ4v) is 2.33. The van der Waals surface area contributed by atoms with E-state index in [1.54, 1.807) is 6.20 Å². The second-order valence-electron chi connectivity index (χ2n) is 5.08. The van der Waals surface area contributed by atoms with E-state index >= 15 is 0 Å². The van der Waals surface area contributed by atoms with E-state index in [0.717, 1.165) is 12.2 Å². The smallest absolute Gasteiger partial charge is 0.122 e. The van der Waals surface area contributed by atoms with E-state index in [0.29, 0.717) is 6.04 Å². The maximum absolute atomic E-state index is 4.28. The summed E-state index contributed by atoms with van der Waals surface area (Å²) in [7, 11) is 0. The van der Waals surface area contributed by atoms with Crippen molar-refractivity contribution in [2.24, 2.45) is 0 Å². The molecule has 3 heteroatoms. The number of aromatic amines is 1. The van der Waals surface area contributed by atoms with Crippen molar-refractivity contribution in [3.8, 4) is 0 Å². The molecule has 1 aromatic carbocycles. The fraction of sp³-hybridized carbons (Fsp3) is 0.438. The standard InChI is InChI=1S/C16H23N3/c1-4-5-14-6-8-15(9-7-14)12(2)19-13(3)16-17-10-11-18-16/h6-13,19H,4-5H2,1-3H3,(H,17,18). The van der Waals surface area contributed by atoms with Crippen LogP contribution < -0.4 is 5.32 Å². The van der Waals surface area contributed by atoms with Crippen LogP contribution >= 0.6 is 0 Å². The molecule has 1 aromatic heterocycles. The quantitative estimate of drug-likeness (QED) is 0.827. The third-order valence-electron chi connectivity index (χ3n) is 3.45. The molecule has 3 nitrogen and oxygen atoms in total. The van der Waals surface area contributed by atoms with Crippen molar-refractivity contribution in [3.63, 3.8) is 0 Å². The van der Waals surface area contributed by atoms with Gasteiger partial charge in [0.05, 0.1) is 6.04 Å². The largest absolute Gasteiger partial charge is 0.347 e. The van der Waals surface area contributed by atoms with Crippen molar-refractivity contribution in [3.05, 3.63) is 53.6 Å². The topological polar surface area (TPSA) is 40.7 Å². The molecule has 102 valence electrons. The Morgan fingerprint density at radius 3 is 2.47 bits per heavy atom. The minimum Gasteiger partial charge on any atom is -0.347 e. The normalized spacial score (nSPS) is 14.3. The summed E-state index contributed by atoms with van der Waals surface area (Å²) < 4.78 is 0. The molecule has 0 saturated heterocycles. The summed E-state index contributed by atoms with van der Waals surface area (Å²) in [5.74, 6) is 0.981. The van der Waals surface area contributed by atoms with Crippen molar-refractivity contribution in [2.75, 3.05) is 0 Å². The lowest BCUT2D eigenvalue weighted by Gasteiger charge is -2.19. The highest BCUT2D eigenvalue weighted by Crippen LogP contribution is 2.18. The molecular formula is C16H23N3. The number of imidazole rings is 1. The van der Waals surface area contributed by atoms with Gasteiger partial charge in [0.1, 0.15) is 5.82 Å². The van der Waals surface area contributed by atoms with E-state index in [1.807, 2.05) is 6.20 Å². The SMILES string of the molecule is CCCc1ccc(C(C)NC(C)c2ncc[nH]2)cc1. The zero-order valence-corrected chi connectivity index (χ0v) is 12.0. The molecule has 0 spiro atoms. The molecule has 2 rings (SSSR count). The molecule has 2 N–H and O–H groups in total. The van der Waals surface area contributed by atoms with Crippen LogP contribution in [0.1, 0.15) is 56.2 Å². The number of H-pyrrole nitrogens is 1. The molecule has 0 aliphatic carbocycles. The van der Waals surface area contributed by atoms with Crippen molar-refractivity contribution in [2.45, 2.75) is 45.7 Å². The Balaban J connectivity index is 1.97. The van der Waals surface area contributed by atoms with Gasteiger partial charge in [0.15, 0.2) is 0 Å². The predicted octanol–water partition coefficient (Wildman–Crippen LogP) is 3.77. The summed E-state index contributed by atoms with van der Waals surface area (Å²) in [5.41, 5.74) is 2.73. The number of nitrogens with zero attached hydrogens (tertiary/aromatic N) is 1. The van der Waals surface area contributed by atoms with Crippen LogP contribution in [0.2, 0.25) is 0 Å². The number of hydrogen-bond acceptors (Lipinski definition) is 2. The van der Waals surface area contributed by atoms with Gasteiger partial charge in [-0.3, -0.25) is 0 Å². The van der Waals surface area contributed by atoms with E-state index in [4.69, 9.17) is 0 Å². The summed E-state index contributed by atoms with van der Waals surface area (Å²) in [5, 5.41) is 3.56. The van der Waals surface area contributed by atoms with Crippen molar-refractivity contribution in [1.29, 1.82) is 0 Å². The summed E-state index contributed by atoms with van der Waals surface area (Å²) in [6, 6.07) is 9.44. The van der Waals surface area contributed by atoms with Crippen molar-refractivity contribution in [1.82, 2.24) is 15.3 Å². The molecule has 0 saturated carbocycles. The van der Waals surface area contributed by atoms with Gasteiger partial charge >= 0.3 is 0 Å². The number of hydrogen-bond donors (Lipinski definition) is 2. The van der Waals surface area contributed by atoms with Crippen LogP contribution in [-0.2, 0) is 6.42 Å². The second-order valence-corrected chi connectivity index (χ2v) is 5.08. The molecule has 0 bridgehead atoms. The summed E-state index contributed by atoms with van der Waals surface area (Å²) in [6.07, 6.45) is 6.00. The molecule has 0 fully saturated rings. The first-order valence-electron chi connectivity index (χ1n) is 7.05. The van der Waals surface area contributed by atoms with E-state index in [-0.39, 0.29) is 6.04 Å². The Hall–Kier alpha value is -1.61. The van der Waals surface area contributed by atoms with Gasteiger partial charge in [-0.1, -0.05) is 37.6 Å². The molecule has 19 heavy (non-hydrogen) atoms. The highest BCUT2D eigenvalue weighted by Gasteiger charge is 2.12. The minimum atomic E-state index is 0.223. The van der Waals surface area contributed by atoms with E-state index < -0.39 is 0 Å². The molecule has 2 aromatic rings. The first kappa shape index (κ1) is 13.8. The van der Waals surface area contributed by atoms with Crippen LogP contribution in [0, 0.1) is 0 Å². The molecule has 0 radical (unpaired) electrons. The van der Waals surface area contributed by atoms with Gasteiger partial charge in [-0.15, -0.1) is 0 Å². The predicted molar refractivity (Wildman–Crippen MR) is 79.0 cm³/mol. The molecule has 0 amide bonds. The van der Waals surface area contributed by atoms with Gasteiger partial charge in [0.2, 0.25) is 0 Å². The van der Waals surface area contributed by atoms with Crippen LogP contribution in [0.15, 0.2) is 36.7 Å². The Labute approximate surface area is 115 Å².